The molecule has 0 aliphatic rings. The van der Waals surface area contributed by atoms with Crippen molar-refractivity contribution in [2.45, 2.75) is 38.4 Å². The van der Waals surface area contributed by atoms with Crippen LogP contribution in [0.25, 0.3) is 11.1 Å². The first-order chi connectivity index (χ1) is 15.6. The van der Waals surface area contributed by atoms with Gasteiger partial charge in [0, 0.05) is 11.8 Å². The Morgan fingerprint density at radius 1 is 0.970 bits per heavy atom. The average Bonchev–Trinajstić information content (AvgIpc) is 2.77. The standard InChI is InChI=1S/C25H26F2O5S/c1-5-18-14-19(9-6-16(18)2)21-12-13-22(32-25(26)27)24(30-3)23(21)31-15-17-7-10-20(11-8-17)33(4,28)29/h6-14,25H,5,15H2,1-4H3. The Morgan fingerprint density at radius 3 is 2.24 bits per heavy atom. The Morgan fingerprint density at radius 2 is 1.67 bits per heavy atom. The summed E-state index contributed by atoms with van der Waals surface area (Å²) in [6, 6.07) is 15.3. The van der Waals surface area contributed by atoms with E-state index in [0.717, 1.165) is 29.4 Å². The first-order valence-electron chi connectivity index (χ1n) is 10.3. The quantitative estimate of drug-likeness (QED) is 0.390. The highest BCUT2D eigenvalue weighted by Gasteiger charge is 2.21. The SMILES string of the molecule is CCc1cc(-c2ccc(OC(F)F)c(OC)c2OCc2ccc(S(C)(=O)=O)cc2)ccc1C. The molecule has 3 rings (SSSR count). The second-order valence-electron chi connectivity index (χ2n) is 7.55. The summed E-state index contributed by atoms with van der Waals surface area (Å²) >= 11 is 0. The Balaban J connectivity index is 2.04. The fourth-order valence-electron chi connectivity index (χ4n) is 3.51. The van der Waals surface area contributed by atoms with Crippen LogP contribution in [0.3, 0.4) is 0 Å². The van der Waals surface area contributed by atoms with E-state index in [0.29, 0.717) is 11.1 Å². The smallest absolute Gasteiger partial charge is 0.387 e. The molecule has 0 N–H and O–H groups in total. The molecule has 0 unspecified atom stereocenters. The summed E-state index contributed by atoms with van der Waals surface area (Å²) in [5.41, 5.74) is 4.52. The van der Waals surface area contributed by atoms with Crippen LogP contribution in [0.2, 0.25) is 0 Å². The number of hydrogen-bond donors (Lipinski definition) is 0. The number of halogens is 2. The van der Waals surface area contributed by atoms with Crippen molar-refractivity contribution >= 4 is 9.84 Å². The van der Waals surface area contributed by atoms with E-state index >= 15 is 0 Å². The summed E-state index contributed by atoms with van der Waals surface area (Å²) < 4.78 is 65.4. The first kappa shape index (κ1) is 24.5. The van der Waals surface area contributed by atoms with E-state index in [2.05, 4.69) is 11.7 Å². The van der Waals surface area contributed by atoms with Gasteiger partial charge in [-0.2, -0.15) is 8.78 Å². The largest absolute Gasteiger partial charge is 0.490 e. The number of hydrogen-bond acceptors (Lipinski definition) is 5. The number of methoxy groups -OCH3 is 1. The summed E-state index contributed by atoms with van der Waals surface area (Å²) in [4.78, 5) is 0.198. The van der Waals surface area contributed by atoms with Crippen molar-refractivity contribution in [2.24, 2.45) is 0 Å². The van der Waals surface area contributed by atoms with Gasteiger partial charge in [0.25, 0.3) is 0 Å². The molecule has 0 aliphatic carbocycles. The molecule has 33 heavy (non-hydrogen) atoms. The lowest BCUT2D eigenvalue weighted by atomic mass is 9.97. The van der Waals surface area contributed by atoms with Gasteiger partial charge in [-0.1, -0.05) is 37.3 Å². The lowest BCUT2D eigenvalue weighted by Crippen LogP contribution is -2.06. The van der Waals surface area contributed by atoms with Crippen molar-refractivity contribution in [3.8, 4) is 28.4 Å². The van der Waals surface area contributed by atoms with E-state index in [-0.39, 0.29) is 28.8 Å². The summed E-state index contributed by atoms with van der Waals surface area (Å²) in [6.07, 6.45) is 1.97. The topological polar surface area (TPSA) is 61.8 Å². The van der Waals surface area contributed by atoms with Crippen LogP contribution in [0.5, 0.6) is 17.2 Å². The molecule has 0 aliphatic heterocycles. The van der Waals surface area contributed by atoms with Crippen LogP contribution < -0.4 is 14.2 Å². The molecular formula is C25H26F2O5S. The van der Waals surface area contributed by atoms with Gasteiger partial charge < -0.3 is 14.2 Å². The summed E-state index contributed by atoms with van der Waals surface area (Å²) in [5.74, 6) is 0.175. The minimum atomic E-state index is -3.32. The van der Waals surface area contributed by atoms with Crippen LogP contribution in [-0.2, 0) is 22.9 Å². The lowest BCUT2D eigenvalue weighted by Gasteiger charge is -2.19. The molecule has 0 atom stereocenters. The molecule has 176 valence electrons. The normalized spacial score (nSPS) is 11.5. The highest BCUT2D eigenvalue weighted by molar-refractivity contribution is 7.90. The zero-order valence-electron chi connectivity index (χ0n) is 18.9. The summed E-state index contributed by atoms with van der Waals surface area (Å²) in [5, 5.41) is 0. The van der Waals surface area contributed by atoms with Crippen molar-refractivity contribution in [3.05, 3.63) is 71.3 Å². The molecule has 0 saturated carbocycles. The Bertz CT molecular complexity index is 1220. The number of aryl methyl sites for hydroxylation is 2. The van der Waals surface area contributed by atoms with E-state index < -0.39 is 16.4 Å². The number of rotatable bonds is 9. The molecule has 5 nitrogen and oxygen atoms in total. The second-order valence-corrected chi connectivity index (χ2v) is 9.57. The molecule has 0 spiro atoms. The van der Waals surface area contributed by atoms with Gasteiger partial charge in [-0.25, -0.2) is 8.42 Å². The molecular weight excluding hydrogens is 450 g/mol. The number of sulfone groups is 1. The maximum Gasteiger partial charge on any atom is 0.387 e. The van der Waals surface area contributed by atoms with Gasteiger partial charge in [0.2, 0.25) is 5.75 Å². The molecule has 0 bridgehead atoms. The van der Waals surface area contributed by atoms with Gasteiger partial charge in [0.05, 0.1) is 12.0 Å². The molecule has 8 heteroatoms. The Hall–Kier alpha value is -3.13. The van der Waals surface area contributed by atoms with Crippen molar-refractivity contribution in [2.75, 3.05) is 13.4 Å². The van der Waals surface area contributed by atoms with Crippen LogP contribution in [0.15, 0.2) is 59.5 Å². The molecule has 0 radical (unpaired) electrons. The predicted molar refractivity (Wildman–Crippen MR) is 123 cm³/mol. The third-order valence-corrected chi connectivity index (χ3v) is 6.40. The highest BCUT2D eigenvalue weighted by Crippen LogP contribution is 2.45. The van der Waals surface area contributed by atoms with Crippen molar-refractivity contribution in [1.29, 1.82) is 0 Å². The van der Waals surface area contributed by atoms with Crippen LogP contribution in [0.4, 0.5) is 8.78 Å². The average molecular weight is 477 g/mol. The van der Waals surface area contributed by atoms with E-state index in [9.17, 15) is 17.2 Å². The first-order valence-corrected chi connectivity index (χ1v) is 12.2. The van der Waals surface area contributed by atoms with E-state index in [1.165, 1.54) is 25.3 Å². The van der Waals surface area contributed by atoms with Gasteiger partial charge in [-0.15, -0.1) is 0 Å². The van der Waals surface area contributed by atoms with E-state index in [1.807, 2.05) is 25.1 Å². The summed E-state index contributed by atoms with van der Waals surface area (Å²) in [7, 11) is -1.96. The van der Waals surface area contributed by atoms with Crippen LogP contribution in [0, 0.1) is 6.92 Å². The Labute approximate surface area is 192 Å². The highest BCUT2D eigenvalue weighted by atomic mass is 32.2. The fraction of sp³-hybridized carbons (Fsp3) is 0.280. The zero-order chi connectivity index (χ0) is 24.2. The van der Waals surface area contributed by atoms with Gasteiger partial charge in [-0.05, 0) is 59.9 Å². The minimum Gasteiger partial charge on any atom is -0.490 e. The second kappa shape index (κ2) is 10.2. The number of ether oxygens (including phenoxy) is 3. The molecule has 0 heterocycles. The van der Waals surface area contributed by atoms with E-state index in [1.54, 1.807) is 18.2 Å². The van der Waals surface area contributed by atoms with Gasteiger partial charge >= 0.3 is 6.61 Å². The number of alkyl halides is 2. The fourth-order valence-corrected chi connectivity index (χ4v) is 4.14. The Kier molecular flexibility index (Phi) is 7.58. The van der Waals surface area contributed by atoms with Crippen molar-refractivity contribution in [3.63, 3.8) is 0 Å². The van der Waals surface area contributed by atoms with Gasteiger partial charge in [-0.3, -0.25) is 0 Å². The monoisotopic (exact) mass is 476 g/mol. The summed E-state index contributed by atoms with van der Waals surface area (Å²) in [6.45, 7) is 1.13. The maximum absolute atomic E-state index is 13.0. The maximum atomic E-state index is 13.0. The predicted octanol–water partition coefficient (Wildman–Crippen LogP) is 5.82. The molecule has 0 fully saturated rings. The molecule has 0 amide bonds. The third kappa shape index (κ3) is 5.82. The van der Waals surface area contributed by atoms with E-state index in [4.69, 9.17) is 9.47 Å². The molecule has 3 aromatic rings. The third-order valence-electron chi connectivity index (χ3n) is 5.27. The molecule has 3 aromatic carbocycles. The molecule has 0 saturated heterocycles. The lowest BCUT2D eigenvalue weighted by molar-refractivity contribution is -0.0513. The van der Waals surface area contributed by atoms with Gasteiger partial charge in [0.1, 0.15) is 6.61 Å². The van der Waals surface area contributed by atoms with Crippen molar-refractivity contribution in [1.82, 2.24) is 0 Å². The van der Waals surface area contributed by atoms with Crippen molar-refractivity contribution < 1.29 is 31.4 Å². The zero-order valence-corrected chi connectivity index (χ0v) is 19.7. The van der Waals surface area contributed by atoms with Crippen LogP contribution >= 0.6 is 0 Å². The molecule has 0 aromatic heterocycles. The van der Waals surface area contributed by atoms with Crippen LogP contribution in [0.1, 0.15) is 23.6 Å². The number of benzene rings is 3. The van der Waals surface area contributed by atoms with Gasteiger partial charge in [0.15, 0.2) is 21.3 Å². The minimum absolute atomic E-state index is 0.0548. The van der Waals surface area contributed by atoms with Crippen LogP contribution in [-0.4, -0.2) is 28.4 Å².